The minimum atomic E-state index is -4.48. The van der Waals surface area contributed by atoms with Crippen LogP contribution in [0.25, 0.3) is 0 Å². The third-order valence-corrected chi connectivity index (χ3v) is 7.94. The number of methoxy groups -OCH3 is 2. The number of benzene rings is 2. The predicted molar refractivity (Wildman–Crippen MR) is 138 cm³/mol. The van der Waals surface area contributed by atoms with E-state index in [2.05, 4.69) is 5.32 Å². The van der Waals surface area contributed by atoms with Gasteiger partial charge in [-0.05, 0) is 85.9 Å². The van der Waals surface area contributed by atoms with Gasteiger partial charge in [0.2, 0.25) is 11.8 Å². The molecule has 2 aliphatic rings. The van der Waals surface area contributed by atoms with E-state index < -0.39 is 17.5 Å². The molecule has 38 heavy (non-hydrogen) atoms. The topological polar surface area (TPSA) is 67.9 Å². The summed E-state index contributed by atoms with van der Waals surface area (Å²) < 4.78 is 51.3. The van der Waals surface area contributed by atoms with Crippen LogP contribution >= 0.6 is 0 Å². The highest BCUT2D eigenvalue weighted by molar-refractivity contribution is 5.90. The number of hydrogen-bond donors (Lipinski definition) is 1. The van der Waals surface area contributed by atoms with Gasteiger partial charge in [0.25, 0.3) is 0 Å². The highest BCUT2D eigenvalue weighted by Crippen LogP contribution is 2.54. The van der Waals surface area contributed by atoms with Gasteiger partial charge in [-0.2, -0.15) is 13.2 Å². The maximum absolute atomic E-state index is 13.5. The van der Waals surface area contributed by atoms with Crippen molar-refractivity contribution in [3.8, 4) is 11.5 Å². The van der Waals surface area contributed by atoms with Gasteiger partial charge in [-0.3, -0.25) is 9.59 Å². The number of halogens is 3. The summed E-state index contributed by atoms with van der Waals surface area (Å²) in [7, 11) is 3.22. The number of amides is 2. The number of ether oxygens (including phenoxy) is 2. The second-order valence-corrected chi connectivity index (χ2v) is 10.2. The van der Waals surface area contributed by atoms with E-state index in [9.17, 15) is 22.8 Å². The SMILES string of the molecule is COc1ccc(OC)c(CCCC(=O)Nc2ccc(C3CCN(C(=O)C4(C(F)(F)F)CCC4)CC3)cc2)c1. The van der Waals surface area contributed by atoms with Crippen LogP contribution in [-0.4, -0.2) is 50.2 Å². The van der Waals surface area contributed by atoms with E-state index in [1.165, 1.54) is 4.90 Å². The summed E-state index contributed by atoms with van der Waals surface area (Å²) in [6, 6.07) is 13.2. The minimum absolute atomic E-state index is 0.0824. The molecule has 9 heteroatoms. The molecule has 6 nitrogen and oxygen atoms in total. The highest BCUT2D eigenvalue weighted by atomic mass is 19.4. The largest absolute Gasteiger partial charge is 0.497 e. The fraction of sp³-hybridized carbons (Fsp3) is 0.517. The summed E-state index contributed by atoms with van der Waals surface area (Å²) in [6.07, 6.45) is -1.30. The van der Waals surface area contributed by atoms with Crippen LogP contribution in [-0.2, 0) is 16.0 Å². The molecular formula is C29H35F3N2O4. The Morgan fingerprint density at radius 3 is 2.26 bits per heavy atom. The molecule has 2 aromatic carbocycles. The molecular weight excluding hydrogens is 497 g/mol. The lowest BCUT2D eigenvalue weighted by Gasteiger charge is -2.45. The molecule has 2 aromatic rings. The van der Waals surface area contributed by atoms with Crippen molar-refractivity contribution < 1.29 is 32.2 Å². The number of aryl methyl sites for hydroxylation is 1. The van der Waals surface area contributed by atoms with Gasteiger partial charge in [-0.1, -0.05) is 18.6 Å². The molecule has 4 rings (SSSR count). The van der Waals surface area contributed by atoms with Crippen LogP contribution in [0.15, 0.2) is 42.5 Å². The molecule has 0 unspecified atom stereocenters. The van der Waals surface area contributed by atoms with Crippen molar-refractivity contribution in [2.75, 3.05) is 32.6 Å². The van der Waals surface area contributed by atoms with Crippen molar-refractivity contribution >= 4 is 17.5 Å². The molecule has 1 heterocycles. The molecule has 0 aromatic heterocycles. The fourth-order valence-electron chi connectivity index (χ4n) is 5.45. The van der Waals surface area contributed by atoms with E-state index in [-0.39, 0.29) is 24.7 Å². The first kappa shape index (κ1) is 27.8. The summed E-state index contributed by atoms with van der Waals surface area (Å²) in [5.74, 6) is 0.842. The molecule has 0 atom stereocenters. The van der Waals surface area contributed by atoms with Crippen molar-refractivity contribution in [1.29, 1.82) is 0 Å². The molecule has 0 spiro atoms. The van der Waals surface area contributed by atoms with E-state index in [1.54, 1.807) is 14.2 Å². The summed E-state index contributed by atoms with van der Waals surface area (Å²) >= 11 is 0. The van der Waals surface area contributed by atoms with Crippen LogP contribution in [0.3, 0.4) is 0 Å². The Labute approximate surface area is 221 Å². The van der Waals surface area contributed by atoms with Crippen LogP contribution in [0.1, 0.15) is 62.0 Å². The van der Waals surface area contributed by atoms with Gasteiger partial charge < -0.3 is 19.7 Å². The standard InChI is InChI=1S/C29H35F3N2O4/c1-37-24-11-12-25(38-2)22(19-24)5-3-6-26(35)33-23-9-7-20(8-10-23)21-13-17-34(18-14-21)27(36)28(15-4-16-28)29(30,31)32/h7-12,19,21H,3-6,13-18H2,1-2H3,(H,33,35). The molecule has 1 saturated carbocycles. The molecule has 2 amide bonds. The fourth-order valence-corrected chi connectivity index (χ4v) is 5.45. The number of hydrogen-bond acceptors (Lipinski definition) is 4. The van der Waals surface area contributed by atoms with Crippen LogP contribution in [0.4, 0.5) is 18.9 Å². The minimum Gasteiger partial charge on any atom is -0.497 e. The lowest BCUT2D eigenvalue weighted by molar-refractivity contribution is -0.248. The Morgan fingerprint density at radius 1 is 1.03 bits per heavy atom. The summed E-state index contributed by atoms with van der Waals surface area (Å²) in [5.41, 5.74) is 0.578. The van der Waals surface area contributed by atoms with E-state index in [0.29, 0.717) is 57.3 Å². The first-order chi connectivity index (χ1) is 18.2. The molecule has 1 aliphatic heterocycles. The van der Waals surface area contributed by atoms with E-state index in [1.807, 2.05) is 42.5 Å². The summed E-state index contributed by atoms with van der Waals surface area (Å²) in [5, 5.41) is 2.92. The lowest BCUT2D eigenvalue weighted by Crippen LogP contribution is -2.57. The molecule has 206 valence electrons. The number of nitrogens with zero attached hydrogens (tertiary/aromatic N) is 1. The first-order valence-corrected chi connectivity index (χ1v) is 13.1. The summed E-state index contributed by atoms with van der Waals surface area (Å²) in [4.78, 5) is 26.6. The predicted octanol–water partition coefficient (Wildman–Crippen LogP) is 6.10. The lowest BCUT2D eigenvalue weighted by atomic mass is 9.67. The zero-order chi connectivity index (χ0) is 27.3. The quantitative estimate of drug-likeness (QED) is 0.424. The van der Waals surface area contributed by atoms with Gasteiger partial charge in [0.05, 0.1) is 14.2 Å². The van der Waals surface area contributed by atoms with Crippen LogP contribution in [0.2, 0.25) is 0 Å². The van der Waals surface area contributed by atoms with E-state index >= 15 is 0 Å². The van der Waals surface area contributed by atoms with Gasteiger partial charge in [-0.25, -0.2) is 0 Å². The second-order valence-electron chi connectivity index (χ2n) is 10.2. The molecule has 1 N–H and O–H groups in total. The number of anilines is 1. The van der Waals surface area contributed by atoms with Crippen molar-refractivity contribution in [3.05, 3.63) is 53.6 Å². The Morgan fingerprint density at radius 2 is 1.71 bits per heavy atom. The number of rotatable bonds is 9. The molecule has 1 saturated heterocycles. The Bertz CT molecular complexity index is 1120. The number of nitrogens with one attached hydrogen (secondary N) is 1. The Kier molecular flexibility index (Phi) is 8.53. The molecule has 0 bridgehead atoms. The normalized spacial score (nSPS) is 17.4. The smallest absolute Gasteiger partial charge is 0.403 e. The van der Waals surface area contributed by atoms with Crippen molar-refractivity contribution in [2.24, 2.45) is 5.41 Å². The third-order valence-electron chi connectivity index (χ3n) is 7.94. The van der Waals surface area contributed by atoms with Crippen LogP contribution in [0, 0.1) is 5.41 Å². The van der Waals surface area contributed by atoms with Crippen LogP contribution < -0.4 is 14.8 Å². The van der Waals surface area contributed by atoms with Gasteiger partial charge in [0.15, 0.2) is 0 Å². The number of alkyl halides is 3. The van der Waals surface area contributed by atoms with Crippen LogP contribution in [0.5, 0.6) is 11.5 Å². The Hall–Kier alpha value is -3.23. The number of piperidine rings is 1. The summed E-state index contributed by atoms with van der Waals surface area (Å²) in [6.45, 7) is 0.662. The van der Waals surface area contributed by atoms with E-state index in [4.69, 9.17) is 9.47 Å². The molecule has 2 fully saturated rings. The maximum atomic E-state index is 13.5. The second kappa shape index (κ2) is 11.7. The average molecular weight is 533 g/mol. The van der Waals surface area contributed by atoms with Crippen molar-refractivity contribution in [3.63, 3.8) is 0 Å². The van der Waals surface area contributed by atoms with Crippen molar-refractivity contribution in [2.45, 2.75) is 63.5 Å². The number of carbonyl (C=O) groups excluding carboxylic acids is 2. The first-order valence-electron chi connectivity index (χ1n) is 13.1. The Balaban J connectivity index is 1.24. The molecule has 0 radical (unpaired) electrons. The van der Waals surface area contributed by atoms with Gasteiger partial charge in [0.1, 0.15) is 16.9 Å². The molecule has 1 aliphatic carbocycles. The highest BCUT2D eigenvalue weighted by Gasteiger charge is 2.64. The average Bonchev–Trinajstić information content (AvgIpc) is 2.87. The van der Waals surface area contributed by atoms with Gasteiger partial charge in [-0.15, -0.1) is 0 Å². The zero-order valence-corrected chi connectivity index (χ0v) is 21.9. The monoisotopic (exact) mass is 532 g/mol. The maximum Gasteiger partial charge on any atom is 0.403 e. The van der Waals surface area contributed by atoms with Crippen molar-refractivity contribution in [1.82, 2.24) is 4.90 Å². The number of likely N-dealkylation sites (tertiary alicyclic amines) is 1. The zero-order valence-electron chi connectivity index (χ0n) is 21.9. The number of carbonyl (C=O) groups is 2. The van der Waals surface area contributed by atoms with E-state index in [0.717, 1.165) is 22.6 Å². The van der Waals surface area contributed by atoms with Gasteiger partial charge >= 0.3 is 6.18 Å². The third kappa shape index (κ3) is 5.92. The van der Waals surface area contributed by atoms with Gasteiger partial charge in [0, 0.05) is 25.2 Å².